The molecule has 0 saturated carbocycles. The highest BCUT2D eigenvalue weighted by Crippen LogP contribution is 2.19. The van der Waals surface area contributed by atoms with Gasteiger partial charge in [-0.2, -0.15) is 0 Å². The van der Waals surface area contributed by atoms with E-state index >= 15 is 0 Å². The van der Waals surface area contributed by atoms with Crippen LogP contribution in [-0.2, 0) is 0 Å². The first-order valence-corrected chi connectivity index (χ1v) is 7.46. The Kier molecular flexibility index (Phi) is 4.19. The fourth-order valence-corrected chi connectivity index (χ4v) is 2.36. The van der Waals surface area contributed by atoms with Crippen LogP contribution in [-0.4, -0.2) is 23.5 Å². The van der Waals surface area contributed by atoms with Gasteiger partial charge in [0.1, 0.15) is 0 Å². The maximum absolute atomic E-state index is 4.51. The number of aromatic amines is 1. The summed E-state index contributed by atoms with van der Waals surface area (Å²) in [5.74, 6) is 0. The molecule has 22 heavy (non-hydrogen) atoms. The molecule has 112 valence electrons. The zero-order chi connectivity index (χ0) is 15.4. The number of allylic oxidation sites excluding steroid dienone is 1. The molecule has 1 unspecified atom stereocenters. The van der Waals surface area contributed by atoms with Gasteiger partial charge in [0.15, 0.2) is 0 Å². The topological polar surface area (TPSA) is 52.5 Å². The van der Waals surface area contributed by atoms with Gasteiger partial charge in [-0.05, 0) is 56.7 Å². The van der Waals surface area contributed by atoms with E-state index < -0.39 is 0 Å². The maximum atomic E-state index is 4.51. The lowest BCUT2D eigenvalue weighted by Crippen LogP contribution is -2.22. The van der Waals surface area contributed by atoms with Gasteiger partial charge < -0.3 is 10.3 Å². The van der Waals surface area contributed by atoms with Crippen molar-refractivity contribution in [1.82, 2.24) is 10.3 Å². The Hall–Kier alpha value is -2.62. The first-order valence-electron chi connectivity index (χ1n) is 7.46. The number of aliphatic imine (C=N–C) groups is 2. The molecule has 2 heterocycles. The Balaban J connectivity index is 1.60. The average molecular weight is 292 g/mol. The number of hydrogen-bond acceptors (Lipinski definition) is 3. The summed E-state index contributed by atoms with van der Waals surface area (Å²) in [6.07, 6.45) is 7.00. The minimum absolute atomic E-state index is 0.314. The summed E-state index contributed by atoms with van der Waals surface area (Å²) in [6, 6.07) is 12.3. The molecule has 0 amide bonds. The Bertz CT molecular complexity index is 720. The number of benzene rings is 1. The second kappa shape index (κ2) is 6.43. The van der Waals surface area contributed by atoms with Gasteiger partial charge in [-0.3, -0.25) is 9.98 Å². The van der Waals surface area contributed by atoms with Gasteiger partial charge in [0.25, 0.3) is 0 Å². The third-order valence-corrected chi connectivity index (χ3v) is 3.55. The lowest BCUT2D eigenvalue weighted by molar-refractivity contribution is 0.782. The molecule has 3 rings (SSSR count). The fraction of sp³-hybridized carbons (Fsp3) is 0.222. The van der Waals surface area contributed by atoms with Crippen LogP contribution in [0.3, 0.4) is 0 Å². The van der Waals surface area contributed by atoms with Crippen molar-refractivity contribution in [2.45, 2.75) is 26.3 Å². The van der Waals surface area contributed by atoms with Crippen LogP contribution in [0.1, 0.15) is 24.7 Å². The summed E-state index contributed by atoms with van der Waals surface area (Å²) >= 11 is 0. The lowest BCUT2D eigenvalue weighted by Gasteiger charge is -2.05. The summed E-state index contributed by atoms with van der Waals surface area (Å²) in [5, 5.41) is 3.36. The fourth-order valence-electron chi connectivity index (χ4n) is 2.36. The van der Waals surface area contributed by atoms with Gasteiger partial charge in [0.2, 0.25) is 0 Å². The predicted octanol–water partition coefficient (Wildman–Crippen LogP) is 4.04. The Morgan fingerprint density at radius 1 is 1.00 bits per heavy atom. The molecule has 0 saturated heterocycles. The van der Waals surface area contributed by atoms with Crippen molar-refractivity contribution >= 4 is 23.8 Å². The molecule has 1 aromatic carbocycles. The molecule has 0 bridgehead atoms. The van der Waals surface area contributed by atoms with Crippen molar-refractivity contribution in [3.8, 4) is 0 Å². The van der Waals surface area contributed by atoms with E-state index in [1.54, 1.807) is 0 Å². The minimum atomic E-state index is 0.314. The smallest absolute Gasteiger partial charge is 0.0648 e. The molecule has 1 aliphatic heterocycles. The van der Waals surface area contributed by atoms with Gasteiger partial charge in [0, 0.05) is 17.6 Å². The monoisotopic (exact) mass is 292 g/mol. The number of aryl methyl sites for hydroxylation is 1. The van der Waals surface area contributed by atoms with E-state index in [0.29, 0.717) is 6.04 Å². The summed E-state index contributed by atoms with van der Waals surface area (Å²) in [5.41, 5.74) is 5.23. The van der Waals surface area contributed by atoms with E-state index in [2.05, 4.69) is 33.3 Å². The summed E-state index contributed by atoms with van der Waals surface area (Å²) in [4.78, 5) is 12.2. The van der Waals surface area contributed by atoms with E-state index in [4.69, 9.17) is 0 Å². The molecule has 0 radical (unpaired) electrons. The quantitative estimate of drug-likeness (QED) is 0.821. The van der Waals surface area contributed by atoms with Crippen LogP contribution in [0.15, 0.2) is 58.2 Å². The van der Waals surface area contributed by atoms with E-state index in [9.17, 15) is 0 Å². The van der Waals surface area contributed by atoms with Crippen molar-refractivity contribution in [3.05, 3.63) is 59.6 Å². The van der Waals surface area contributed by atoms with Crippen LogP contribution in [0.2, 0.25) is 0 Å². The summed E-state index contributed by atoms with van der Waals surface area (Å²) < 4.78 is 0. The predicted molar refractivity (Wildman–Crippen MR) is 92.7 cm³/mol. The molecular weight excluding hydrogens is 272 g/mol. The molecule has 4 heteroatoms. The third kappa shape index (κ3) is 3.73. The maximum Gasteiger partial charge on any atom is 0.0648 e. The summed E-state index contributed by atoms with van der Waals surface area (Å²) in [6.45, 7) is 4.10. The molecule has 2 N–H and O–H groups in total. The lowest BCUT2D eigenvalue weighted by atomic mass is 10.2. The highest BCUT2D eigenvalue weighted by molar-refractivity contribution is 5.80. The zero-order valence-corrected chi connectivity index (χ0v) is 12.9. The number of H-pyrrole nitrogens is 1. The molecule has 0 spiro atoms. The largest absolute Gasteiger partial charge is 0.381 e. The van der Waals surface area contributed by atoms with E-state index in [1.165, 1.54) is 5.70 Å². The molecule has 2 aromatic rings. The highest BCUT2D eigenvalue weighted by atomic mass is 15.0. The number of rotatable bonds is 4. The second-order valence-electron chi connectivity index (χ2n) is 5.52. The zero-order valence-electron chi connectivity index (χ0n) is 12.9. The number of aromatic nitrogens is 1. The Morgan fingerprint density at radius 3 is 2.32 bits per heavy atom. The number of nitrogens with zero attached hydrogens (tertiary/aromatic N) is 2. The van der Waals surface area contributed by atoms with Crippen molar-refractivity contribution in [2.75, 3.05) is 0 Å². The Morgan fingerprint density at radius 2 is 1.73 bits per heavy atom. The first kappa shape index (κ1) is 14.3. The molecule has 0 aliphatic carbocycles. The number of nitrogens with one attached hydrogen (secondary N) is 2. The van der Waals surface area contributed by atoms with Gasteiger partial charge in [-0.15, -0.1) is 0 Å². The van der Waals surface area contributed by atoms with Gasteiger partial charge in [-0.1, -0.05) is 6.08 Å². The van der Waals surface area contributed by atoms with Crippen molar-refractivity contribution in [3.63, 3.8) is 0 Å². The minimum Gasteiger partial charge on any atom is -0.381 e. The van der Waals surface area contributed by atoms with Crippen molar-refractivity contribution in [2.24, 2.45) is 9.98 Å². The van der Waals surface area contributed by atoms with Crippen molar-refractivity contribution in [1.29, 1.82) is 0 Å². The highest BCUT2D eigenvalue weighted by Gasteiger charge is 2.09. The molecule has 1 aliphatic rings. The summed E-state index contributed by atoms with van der Waals surface area (Å²) in [7, 11) is 0. The van der Waals surface area contributed by atoms with Crippen LogP contribution in [0.4, 0.5) is 11.4 Å². The van der Waals surface area contributed by atoms with E-state index in [-0.39, 0.29) is 0 Å². The normalized spacial score (nSPS) is 18.1. The Labute approximate surface area is 130 Å². The van der Waals surface area contributed by atoms with Crippen LogP contribution < -0.4 is 5.32 Å². The van der Waals surface area contributed by atoms with E-state index in [0.717, 1.165) is 29.2 Å². The second-order valence-corrected chi connectivity index (χ2v) is 5.52. The first-order chi connectivity index (χ1) is 10.7. The molecule has 1 aromatic heterocycles. The van der Waals surface area contributed by atoms with Gasteiger partial charge in [0.05, 0.1) is 29.3 Å². The SMILES string of the molecule is CC1=CCC(C=Nc2ccc(N=Cc3ccc(C)[nH]3)cc2)N1. The van der Waals surface area contributed by atoms with Crippen molar-refractivity contribution < 1.29 is 0 Å². The van der Waals surface area contributed by atoms with Crippen LogP contribution >= 0.6 is 0 Å². The van der Waals surface area contributed by atoms with Gasteiger partial charge >= 0.3 is 0 Å². The van der Waals surface area contributed by atoms with Crippen LogP contribution in [0, 0.1) is 6.92 Å². The van der Waals surface area contributed by atoms with E-state index in [1.807, 2.05) is 55.8 Å². The average Bonchev–Trinajstić information content (AvgIpc) is 3.12. The third-order valence-electron chi connectivity index (χ3n) is 3.55. The standard InChI is InChI=1S/C18H20N4/c1-13-3-5-17(21-13)11-19-15-7-9-16(10-8-15)20-12-18-6-4-14(2)22-18/h3-5,7-12,18,21-22H,6H2,1-2H3. The molecule has 4 nitrogen and oxygen atoms in total. The van der Waals surface area contributed by atoms with Crippen LogP contribution in [0.5, 0.6) is 0 Å². The van der Waals surface area contributed by atoms with Crippen LogP contribution in [0.25, 0.3) is 0 Å². The molecule has 0 fully saturated rings. The van der Waals surface area contributed by atoms with Gasteiger partial charge in [-0.25, -0.2) is 0 Å². The number of hydrogen-bond donors (Lipinski definition) is 2. The molecular formula is C18H20N4. The molecule has 1 atom stereocenters.